The lowest BCUT2D eigenvalue weighted by molar-refractivity contribution is 0.181. The van der Waals surface area contributed by atoms with E-state index in [1.807, 2.05) is 0 Å². The van der Waals surface area contributed by atoms with Gasteiger partial charge in [0.05, 0.1) is 0 Å². The zero-order chi connectivity index (χ0) is 13.0. The number of nitrogens with one attached hydrogen (secondary N) is 1. The van der Waals surface area contributed by atoms with Crippen LogP contribution in [0.2, 0.25) is 0 Å². The van der Waals surface area contributed by atoms with Crippen molar-refractivity contribution in [2.75, 3.05) is 13.2 Å². The number of rotatable bonds is 5. The van der Waals surface area contributed by atoms with Crippen LogP contribution in [0.3, 0.4) is 0 Å². The van der Waals surface area contributed by atoms with Crippen LogP contribution in [-0.2, 0) is 11.2 Å². The van der Waals surface area contributed by atoms with E-state index in [0.717, 1.165) is 32.1 Å². The lowest BCUT2D eigenvalue weighted by Gasteiger charge is -2.19. The van der Waals surface area contributed by atoms with E-state index in [0.29, 0.717) is 17.9 Å². The summed E-state index contributed by atoms with van der Waals surface area (Å²) >= 11 is 0. The average molecular weight is 256 g/mol. The largest absolute Gasteiger partial charge is 0.381 e. The maximum atomic E-state index is 13.5. The van der Waals surface area contributed by atoms with Gasteiger partial charge < -0.3 is 4.74 Å². The van der Waals surface area contributed by atoms with Gasteiger partial charge in [0, 0.05) is 19.3 Å². The van der Waals surface area contributed by atoms with E-state index in [1.54, 1.807) is 6.07 Å². The van der Waals surface area contributed by atoms with Crippen LogP contribution in [0.5, 0.6) is 0 Å². The van der Waals surface area contributed by atoms with Crippen molar-refractivity contribution in [2.24, 2.45) is 11.8 Å². The molecule has 5 heteroatoms. The Morgan fingerprint density at radius 2 is 2.28 bits per heavy atom. The Balaban J connectivity index is 1.98. The molecule has 3 nitrogen and oxygen atoms in total. The quantitative estimate of drug-likeness (QED) is 0.623. The molecular formula is C13H18F2N2O. The Bertz CT molecular complexity index is 395. The predicted molar refractivity (Wildman–Crippen MR) is 64.7 cm³/mol. The van der Waals surface area contributed by atoms with E-state index in [2.05, 4.69) is 5.43 Å². The summed E-state index contributed by atoms with van der Waals surface area (Å²) in [6, 6.07) is 4.16. The topological polar surface area (TPSA) is 47.3 Å². The highest BCUT2D eigenvalue weighted by Gasteiger charge is 2.21. The third-order valence-electron chi connectivity index (χ3n) is 3.38. The van der Waals surface area contributed by atoms with Crippen molar-refractivity contribution < 1.29 is 13.5 Å². The molecule has 2 unspecified atom stereocenters. The summed E-state index contributed by atoms with van der Waals surface area (Å²) in [5.41, 5.74) is 3.04. The number of hydrogen-bond donors (Lipinski definition) is 2. The van der Waals surface area contributed by atoms with Gasteiger partial charge >= 0.3 is 0 Å². The molecule has 0 amide bonds. The molecule has 0 radical (unpaired) electrons. The number of benzene rings is 1. The number of halogens is 2. The Morgan fingerprint density at radius 1 is 1.44 bits per heavy atom. The molecule has 0 spiro atoms. The summed E-state index contributed by atoms with van der Waals surface area (Å²) in [7, 11) is 0. The fourth-order valence-electron chi connectivity index (χ4n) is 2.35. The minimum atomic E-state index is -0.813. The van der Waals surface area contributed by atoms with E-state index in [-0.39, 0.29) is 6.04 Å². The molecule has 1 aromatic carbocycles. The van der Waals surface area contributed by atoms with Crippen molar-refractivity contribution in [2.45, 2.75) is 25.3 Å². The predicted octanol–water partition coefficient (Wildman–Crippen LogP) is 1.77. The molecular weight excluding hydrogens is 238 g/mol. The second kappa shape index (κ2) is 6.22. The van der Waals surface area contributed by atoms with Crippen LogP contribution in [0.25, 0.3) is 0 Å². The van der Waals surface area contributed by atoms with Crippen LogP contribution in [0.1, 0.15) is 18.4 Å². The van der Waals surface area contributed by atoms with Crippen molar-refractivity contribution >= 4 is 0 Å². The van der Waals surface area contributed by atoms with Gasteiger partial charge in [-0.2, -0.15) is 0 Å². The number of hydrazine groups is 1. The van der Waals surface area contributed by atoms with E-state index >= 15 is 0 Å². The summed E-state index contributed by atoms with van der Waals surface area (Å²) in [5.74, 6) is 4.34. The van der Waals surface area contributed by atoms with Crippen molar-refractivity contribution in [1.29, 1.82) is 0 Å². The van der Waals surface area contributed by atoms with E-state index in [4.69, 9.17) is 10.6 Å². The zero-order valence-electron chi connectivity index (χ0n) is 10.2. The van der Waals surface area contributed by atoms with Gasteiger partial charge in [-0.15, -0.1) is 0 Å². The van der Waals surface area contributed by atoms with E-state index in [9.17, 15) is 8.78 Å². The van der Waals surface area contributed by atoms with Gasteiger partial charge in [-0.25, -0.2) is 8.78 Å². The summed E-state index contributed by atoms with van der Waals surface area (Å²) in [4.78, 5) is 0. The van der Waals surface area contributed by atoms with Crippen molar-refractivity contribution in [3.8, 4) is 0 Å². The molecule has 2 rings (SSSR count). The van der Waals surface area contributed by atoms with Crippen molar-refractivity contribution in [1.82, 2.24) is 5.43 Å². The minimum Gasteiger partial charge on any atom is -0.381 e. The fraction of sp³-hybridized carbons (Fsp3) is 0.538. The van der Waals surface area contributed by atoms with Crippen LogP contribution in [0.15, 0.2) is 18.2 Å². The van der Waals surface area contributed by atoms with Crippen LogP contribution >= 0.6 is 0 Å². The first-order valence-corrected chi connectivity index (χ1v) is 6.17. The molecule has 1 heterocycles. The molecule has 0 aliphatic carbocycles. The van der Waals surface area contributed by atoms with Gasteiger partial charge in [0.15, 0.2) is 11.6 Å². The summed E-state index contributed by atoms with van der Waals surface area (Å²) in [6.45, 7) is 1.50. The van der Waals surface area contributed by atoms with Gasteiger partial charge in [0.2, 0.25) is 0 Å². The third kappa shape index (κ3) is 3.25. The molecule has 1 saturated heterocycles. The normalized spacial score (nSPS) is 21.2. The molecule has 1 fully saturated rings. The minimum absolute atomic E-state index is 0.0620. The summed E-state index contributed by atoms with van der Waals surface area (Å²) < 4.78 is 31.9. The van der Waals surface area contributed by atoms with Gasteiger partial charge in [-0.05, 0) is 36.8 Å². The molecule has 1 aromatic rings. The van der Waals surface area contributed by atoms with Crippen LogP contribution in [0.4, 0.5) is 8.78 Å². The summed E-state index contributed by atoms with van der Waals surface area (Å²) in [5, 5.41) is 0. The zero-order valence-corrected chi connectivity index (χ0v) is 10.2. The molecule has 0 bridgehead atoms. The second-order valence-corrected chi connectivity index (χ2v) is 4.75. The van der Waals surface area contributed by atoms with Crippen molar-refractivity contribution in [3.63, 3.8) is 0 Å². The molecule has 0 saturated carbocycles. The van der Waals surface area contributed by atoms with Gasteiger partial charge in [-0.3, -0.25) is 11.3 Å². The SMILES string of the molecule is NNC(Cc1cccc(F)c1F)CC1CCOC1. The van der Waals surface area contributed by atoms with Gasteiger partial charge in [0.25, 0.3) is 0 Å². The molecule has 100 valence electrons. The number of hydrogen-bond acceptors (Lipinski definition) is 3. The van der Waals surface area contributed by atoms with E-state index in [1.165, 1.54) is 6.07 Å². The molecule has 18 heavy (non-hydrogen) atoms. The van der Waals surface area contributed by atoms with Gasteiger partial charge in [0.1, 0.15) is 0 Å². The summed E-state index contributed by atoms with van der Waals surface area (Å²) in [6.07, 6.45) is 2.20. The van der Waals surface area contributed by atoms with E-state index < -0.39 is 11.6 Å². The highest BCUT2D eigenvalue weighted by molar-refractivity contribution is 5.20. The Kier molecular flexibility index (Phi) is 4.63. The first-order valence-electron chi connectivity index (χ1n) is 6.17. The third-order valence-corrected chi connectivity index (χ3v) is 3.38. The number of nitrogens with two attached hydrogens (primary N) is 1. The lowest BCUT2D eigenvalue weighted by atomic mass is 9.94. The molecule has 0 aromatic heterocycles. The average Bonchev–Trinajstić information content (AvgIpc) is 2.86. The first-order chi connectivity index (χ1) is 8.70. The number of ether oxygens (including phenoxy) is 1. The maximum absolute atomic E-state index is 13.5. The van der Waals surface area contributed by atoms with Crippen molar-refractivity contribution in [3.05, 3.63) is 35.4 Å². The molecule has 1 aliphatic heterocycles. The Labute approximate surface area is 105 Å². The lowest BCUT2D eigenvalue weighted by Crippen LogP contribution is -2.38. The van der Waals surface area contributed by atoms with Crippen LogP contribution in [-0.4, -0.2) is 19.3 Å². The highest BCUT2D eigenvalue weighted by atomic mass is 19.2. The molecule has 3 N–H and O–H groups in total. The highest BCUT2D eigenvalue weighted by Crippen LogP contribution is 2.21. The van der Waals surface area contributed by atoms with Crippen LogP contribution in [0, 0.1) is 17.6 Å². The second-order valence-electron chi connectivity index (χ2n) is 4.75. The monoisotopic (exact) mass is 256 g/mol. The van der Waals surface area contributed by atoms with Gasteiger partial charge in [-0.1, -0.05) is 12.1 Å². The Morgan fingerprint density at radius 3 is 2.94 bits per heavy atom. The molecule has 1 aliphatic rings. The van der Waals surface area contributed by atoms with Crippen LogP contribution < -0.4 is 11.3 Å². The maximum Gasteiger partial charge on any atom is 0.162 e. The standard InChI is InChI=1S/C13H18F2N2O/c14-12-3-1-2-10(13(12)15)7-11(17-16)6-9-4-5-18-8-9/h1-3,9,11,17H,4-8,16H2. The smallest absolute Gasteiger partial charge is 0.162 e. The fourth-order valence-corrected chi connectivity index (χ4v) is 2.35. The molecule has 2 atom stereocenters. The first kappa shape index (κ1) is 13.4. The Hall–Kier alpha value is -1.04.